The van der Waals surface area contributed by atoms with Crippen LogP contribution in [0, 0.1) is 5.82 Å². The number of ether oxygens (including phenoxy) is 1. The van der Waals surface area contributed by atoms with E-state index < -0.39 is 0 Å². The zero-order valence-corrected chi connectivity index (χ0v) is 11.8. The Morgan fingerprint density at radius 1 is 1.44 bits per heavy atom. The number of methoxy groups -OCH3 is 1. The van der Waals surface area contributed by atoms with Crippen LogP contribution in [-0.2, 0) is 6.54 Å². The molecule has 0 aromatic heterocycles. The van der Waals surface area contributed by atoms with Crippen molar-refractivity contribution in [2.24, 2.45) is 0 Å². The van der Waals surface area contributed by atoms with Gasteiger partial charge in [0.15, 0.2) is 11.6 Å². The van der Waals surface area contributed by atoms with Crippen molar-refractivity contribution in [1.82, 2.24) is 5.32 Å². The van der Waals surface area contributed by atoms with Crippen molar-refractivity contribution in [2.75, 3.05) is 19.9 Å². The highest BCUT2D eigenvalue weighted by molar-refractivity contribution is 8.00. The van der Waals surface area contributed by atoms with Gasteiger partial charge in [-0.2, -0.15) is 11.8 Å². The molecule has 0 saturated heterocycles. The lowest BCUT2D eigenvalue weighted by molar-refractivity contribution is 0.343. The van der Waals surface area contributed by atoms with E-state index in [9.17, 15) is 4.39 Å². The second-order valence-electron chi connectivity index (χ2n) is 4.78. The van der Waals surface area contributed by atoms with Crippen molar-refractivity contribution >= 4 is 11.8 Å². The van der Waals surface area contributed by atoms with E-state index in [4.69, 9.17) is 4.74 Å². The number of thioether (sulfide) groups is 1. The van der Waals surface area contributed by atoms with Gasteiger partial charge in [-0.15, -0.1) is 0 Å². The normalized spacial score (nSPS) is 17.3. The minimum absolute atomic E-state index is 0.251. The number of hydrogen-bond acceptors (Lipinski definition) is 3. The van der Waals surface area contributed by atoms with Crippen LogP contribution in [0.5, 0.6) is 5.75 Å². The molecule has 1 aliphatic carbocycles. The Morgan fingerprint density at radius 2 is 2.22 bits per heavy atom. The highest BCUT2D eigenvalue weighted by atomic mass is 32.2. The second kappa shape index (κ2) is 5.93. The van der Waals surface area contributed by atoms with Crippen LogP contribution in [0.25, 0.3) is 0 Å². The van der Waals surface area contributed by atoms with Crippen LogP contribution in [0.1, 0.15) is 24.8 Å². The third-order valence-electron chi connectivity index (χ3n) is 3.72. The van der Waals surface area contributed by atoms with Crippen molar-refractivity contribution in [2.45, 2.75) is 30.6 Å². The quantitative estimate of drug-likeness (QED) is 0.857. The molecule has 0 aliphatic heterocycles. The minimum atomic E-state index is -0.251. The van der Waals surface area contributed by atoms with Gasteiger partial charge >= 0.3 is 0 Å². The molecule has 1 saturated carbocycles. The first-order valence-electron chi connectivity index (χ1n) is 6.28. The van der Waals surface area contributed by atoms with E-state index in [1.54, 1.807) is 12.1 Å². The molecule has 2 rings (SSSR count). The van der Waals surface area contributed by atoms with E-state index in [1.807, 2.05) is 17.8 Å². The van der Waals surface area contributed by atoms with E-state index >= 15 is 0 Å². The first-order valence-corrected chi connectivity index (χ1v) is 7.50. The van der Waals surface area contributed by atoms with E-state index in [1.165, 1.54) is 26.4 Å². The highest BCUT2D eigenvalue weighted by Gasteiger charge is 2.35. The third kappa shape index (κ3) is 2.81. The summed E-state index contributed by atoms with van der Waals surface area (Å²) in [5.41, 5.74) is 0.671. The molecule has 0 spiro atoms. The van der Waals surface area contributed by atoms with E-state index in [2.05, 4.69) is 11.6 Å². The summed E-state index contributed by atoms with van der Waals surface area (Å²) in [6.07, 6.45) is 6.01. The predicted molar refractivity (Wildman–Crippen MR) is 74.8 cm³/mol. The van der Waals surface area contributed by atoms with Crippen LogP contribution in [0.3, 0.4) is 0 Å². The van der Waals surface area contributed by atoms with Gasteiger partial charge in [-0.3, -0.25) is 0 Å². The largest absolute Gasteiger partial charge is 0.494 e. The van der Waals surface area contributed by atoms with E-state index in [0.717, 1.165) is 6.54 Å². The van der Waals surface area contributed by atoms with Gasteiger partial charge in [0.05, 0.1) is 7.11 Å². The van der Waals surface area contributed by atoms with Gasteiger partial charge in [-0.1, -0.05) is 18.6 Å². The van der Waals surface area contributed by atoms with Crippen LogP contribution in [0.15, 0.2) is 18.2 Å². The maximum absolute atomic E-state index is 13.9. The lowest BCUT2D eigenvalue weighted by Crippen LogP contribution is -2.43. The topological polar surface area (TPSA) is 21.3 Å². The highest BCUT2D eigenvalue weighted by Crippen LogP contribution is 2.42. The molecule has 2 nitrogen and oxygen atoms in total. The molecule has 0 amide bonds. The summed E-state index contributed by atoms with van der Waals surface area (Å²) in [5.74, 6) is 0.0665. The molecule has 1 aromatic carbocycles. The standard InChI is InChI=1S/C14H20FNOS/c1-17-12-6-3-5-11(13(12)15)9-16-10-14(18-2)7-4-8-14/h3,5-6,16H,4,7-10H2,1-2H3. The Kier molecular flexibility index (Phi) is 4.51. The first kappa shape index (κ1) is 13.7. The fourth-order valence-corrected chi connectivity index (χ4v) is 3.24. The molecule has 18 heavy (non-hydrogen) atoms. The summed E-state index contributed by atoms with van der Waals surface area (Å²) < 4.78 is 19.3. The fourth-order valence-electron chi connectivity index (χ4n) is 2.30. The summed E-state index contributed by atoms with van der Waals surface area (Å²) in [5, 5.41) is 3.37. The zero-order chi connectivity index (χ0) is 13.0. The van der Waals surface area contributed by atoms with Crippen LogP contribution in [-0.4, -0.2) is 24.7 Å². The lowest BCUT2D eigenvalue weighted by Gasteiger charge is -2.40. The minimum Gasteiger partial charge on any atom is -0.494 e. The average molecular weight is 269 g/mol. The maximum Gasteiger partial charge on any atom is 0.169 e. The van der Waals surface area contributed by atoms with Crippen LogP contribution in [0.4, 0.5) is 4.39 Å². The van der Waals surface area contributed by atoms with Crippen LogP contribution in [0.2, 0.25) is 0 Å². The number of halogens is 1. The van der Waals surface area contributed by atoms with E-state index in [0.29, 0.717) is 22.6 Å². The number of hydrogen-bond donors (Lipinski definition) is 1. The zero-order valence-electron chi connectivity index (χ0n) is 11.0. The van der Waals surface area contributed by atoms with Crippen molar-refractivity contribution in [3.8, 4) is 5.75 Å². The second-order valence-corrected chi connectivity index (χ2v) is 6.05. The van der Waals surface area contributed by atoms with Gasteiger partial charge in [-0.25, -0.2) is 4.39 Å². The predicted octanol–water partition coefficient (Wildman–Crippen LogP) is 3.21. The molecule has 1 aromatic rings. The molecule has 0 bridgehead atoms. The Hall–Kier alpha value is -0.740. The molecular weight excluding hydrogens is 249 g/mol. The smallest absolute Gasteiger partial charge is 0.169 e. The third-order valence-corrected chi connectivity index (χ3v) is 5.14. The molecular formula is C14H20FNOS. The van der Waals surface area contributed by atoms with Gasteiger partial charge in [0.1, 0.15) is 0 Å². The molecule has 0 unspecified atom stereocenters. The summed E-state index contributed by atoms with van der Waals surface area (Å²) in [4.78, 5) is 0. The summed E-state index contributed by atoms with van der Waals surface area (Å²) >= 11 is 1.93. The van der Waals surface area contributed by atoms with Crippen LogP contribution >= 0.6 is 11.8 Å². The Bertz CT molecular complexity index is 401. The molecule has 0 atom stereocenters. The first-order chi connectivity index (χ1) is 8.71. The lowest BCUT2D eigenvalue weighted by atomic mass is 9.84. The fraction of sp³-hybridized carbons (Fsp3) is 0.571. The van der Waals surface area contributed by atoms with Crippen molar-refractivity contribution in [3.05, 3.63) is 29.6 Å². The summed E-state index contributed by atoms with van der Waals surface area (Å²) in [6.45, 7) is 1.51. The van der Waals surface area contributed by atoms with Crippen molar-refractivity contribution in [3.63, 3.8) is 0 Å². The van der Waals surface area contributed by atoms with Gasteiger partial charge < -0.3 is 10.1 Å². The molecule has 1 fully saturated rings. The van der Waals surface area contributed by atoms with Crippen LogP contribution < -0.4 is 10.1 Å². The summed E-state index contributed by atoms with van der Waals surface area (Å²) in [6, 6.07) is 5.28. The van der Waals surface area contributed by atoms with Gasteiger partial charge in [0.2, 0.25) is 0 Å². The van der Waals surface area contributed by atoms with Gasteiger partial charge in [0, 0.05) is 23.4 Å². The Morgan fingerprint density at radius 3 is 2.78 bits per heavy atom. The molecule has 100 valence electrons. The number of benzene rings is 1. The monoisotopic (exact) mass is 269 g/mol. The SMILES string of the molecule is COc1cccc(CNCC2(SC)CCC2)c1F. The molecule has 1 N–H and O–H groups in total. The Balaban J connectivity index is 1.90. The average Bonchev–Trinajstić information content (AvgIpc) is 2.34. The maximum atomic E-state index is 13.9. The Labute approximate surface area is 112 Å². The van der Waals surface area contributed by atoms with Gasteiger partial charge in [-0.05, 0) is 25.2 Å². The molecule has 0 radical (unpaired) electrons. The van der Waals surface area contributed by atoms with Crippen molar-refractivity contribution < 1.29 is 9.13 Å². The summed E-state index contributed by atoms with van der Waals surface area (Å²) in [7, 11) is 1.49. The van der Waals surface area contributed by atoms with Gasteiger partial charge in [0.25, 0.3) is 0 Å². The number of nitrogens with one attached hydrogen (secondary N) is 1. The number of rotatable bonds is 6. The molecule has 4 heteroatoms. The molecule has 1 aliphatic rings. The van der Waals surface area contributed by atoms with E-state index in [-0.39, 0.29) is 5.82 Å². The molecule has 0 heterocycles. The van der Waals surface area contributed by atoms with Crippen molar-refractivity contribution in [1.29, 1.82) is 0 Å².